The van der Waals surface area contributed by atoms with Gasteiger partial charge in [-0.15, -0.1) is 0 Å². The largest absolute Gasteiger partial charge is 0.345 e. The van der Waals surface area contributed by atoms with E-state index in [0.717, 1.165) is 11.1 Å². The lowest BCUT2D eigenvalue weighted by Crippen LogP contribution is -2.36. The van der Waals surface area contributed by atoms with Crippen molar-refractivity contribution in [2.45, 2.75) is 13.1 Å². The summed E-state index contributed by atoms with van der Waals surface area (Å²) in [5, 5.41) is 2.81. The number of aryl methyl sites for hydroxylation is 1. The molecule has 0 saturated carbocycles. The first kappa shape index (κ1) is 20.3. The third-order valence-electron chi connectivity index (χ3n) is 4.71. The lowest BCUT2D eigenvalue weighted by Gasteiger charge is -2.17. The predicted molar refractivity (Wildman–Crippen MR) is 109 cm³/mol. The van der Waals surface area contributed by atoms with Crippen molar-refractivity contribution in [3.05, 3.63) is 65.2 Å². The van der Waals surface area contributed by atoms with E-state index < -0.39 is 0 Å². The fraction of sp³-hybridized carbons (Fsp3) is 0.286. The van der Waals surface area contributed by atoms with Crippen molar-refractivity contribution in [2.24, 2.45) is 7.05 Å². The van der Waals surface area contributed by atoms with Crippen LogP contribution in [0.2, 0.25) is 0 Å². The summed E-state index contributed by atoms with van der Waals surface area (Å²) >= 11 is 0. The molecule has 0 saturated heterocycles. The Morgan fingerprint density at radius 1 is 1.10 bits per heavy atom. The van der Waals surface area contributed by atoms with Gasteiger partial charge in [0.1, 0.15) is 11.6 Å². The van der Waals surface area contributed by atoms with Gasteiger partial charge in [0, 0.05) is 40.3 Å². The molecular weight excluding hydrogens is 373 g/mol. The normalized spacial score (nSPS) is 10.8. The van der Waals surface area contributed by atoms with E-state index in [2.05, 4.69) is 10.3 Å². The van der Waals surface area contributed by atoms with E-state index in [9.17, 15) is 14.0 Å². The second-order valence-electron chi connectivity index (χ2n) is 7.13. The number of urea groups is 1. The van der Waals surface area contributed by atoms with Gasteiger partial charge in [-0.05, 0) is 35.9 Å². The van der Waals surface area contributed by atoms with Crippen molar-refractivity contribution in [3.8, 4) is 0 Å². The van der Waals surface area contributed by atoms with Gasteiger partial charge in [-0.3, -0.25) is 4.79 Å². The van der Waals surface area contributed by atoms with Crippen LogP contribution in [0.5, 0.6) is 0 Å². The van der Waals surface area contributed by atoms with Gasteiger partial charge in [-0.25, -0.2) is 14.2 Å². The minimum atomic E-state index is -0.311. The van der Waals surface area contributed by atoms with Crippen LogP contribution in [0.25, 0.3) is 11.0 Å². The van der Waals surface area contributed by atoms with Gasteiger partial charge in [0.15, 0.2) is 0 Å². The fourth-order valence-corrected chi connectivity index (χ4v) is 2.98. The molecule has 0 aliphatic carbocycles. The van der Waals surface area contributed by atoms with Crippen LogP contribution in [0.4, 0.5) is 9.18 Å². The molecule has 0 bridgehead atoms. The maximum Gasteiger partial charge on any atom is 0.317 e. The molecule has 3 rings (SSSR count). The minimum Gasteiger partial charge on any atom is -0.345 e. The van der Waals surface area contributed by atoms with Crippen molar-refractivity contribution in [2.75, 3.05) is 21.1 Å². The summed E-state index contributed by atoms with van der Waals surface area (Å²) in [5.41, 5.74) is 2.97. The molecule has 2 aromatic carbocycles. The number of carbonyl (C=O) groups excluding carboxylic acids is 2. The number of fused-ring (bicyclic) bond motifs is 1. The molecule has 0 fully saturated rings. The second-order valence-corrected chi connectivity index (χ2v) is 7.13. The highest BCUT2D eigenvalue weighted by atomic mass is 19.1. The highest BCUT2D eigenvalue weighted by Crippen LogP contribution is 2.18. The molecular formula is C21H24FN5O2. The zero-order valence-corrected chi connectivity index (χ0v) is 16.9. The summed E-state index contributed by atoms with van der Waals surface area (Å²) in [4.78, 5) is 32.2. The summed E-state index contributed by atoms with van der Waals surface area (Å²) in [7, 11) is 6.97. The maximum absolute atomic E-state index is 13.0. The molecule has 0 aliphatic heterocycles. The molecule has 3 amide bonds. The Hall–Kier alpha value is -3.42. The number of nitrogens with zero attached hydrogens (tertiary/aromatic N) is 4. The van der Waals surface area contributed by atoms with Gasteiger partial charge >= 0.3 is 6.03 Å². The van der Waals surface area contributed by atoms with Crippen molar-refractivity contribution < 1.29 is 14.0 Å². The molecule has 1 heterocycles. The van der Waals surface area contributed by atoms with Crippen molar-refractivity contribution in [3.63, 3.8) is 0 Å². The second kappa shape index (κ2) is 8.30. The van der Waals surface area contributed by atoms with Gasteiger partial charge in [0.2, 0.25) is 0 Å². The van der Waals surface area contributed by atoms with Crippen LogP contribution >= 0.6 is 0 Å². The molecule has 0 unspecified atom stereocenters. The monoisotopic (exact) mass is 397 g/mol. The zero-order chi connectivity index (χ0) is 21.1. The number of benzene rings is 2. The Kier molecular flexibility index (Phi) is 5.81. The molecule has 3 aromatic rings. The predicted octanol–water partition coefficient (Wildman–Crippen LogP) is 2.76. The number of rotatable bonds is 5. The summed E-state index contributed by atoms with van der Waals surface area (Å²) in [5.74, 6) is 0.305. The van der Waals surface area contributed by atoms with Crippen molar-refractivity contribution in [1.82, 2.24) is 24.7 Å². The number of aromatic nitrogens is 2. The van der Waals surface area contributed by atoms with Crippen LogP contribution in [-0.2, 0) is 20.1 Å². The Morgan fingerprint density at radius 2 is 1.79 bits per heavy atom. The topological polar surface area (TPSA) is 70.5 Å². The summed E-state index contributed by atoms with van der Waals surface area (Å²) < 4.78 is 14.9. The average Bonchev–Trinajstić information content (AvgIpc) is 3.01. The molecule has 7 nitrogen and oxygen atoms in total. The quantitative estimate of drug-likeness (QED) is 0.720. The van der Waals surface area contributed by atoms with Crippen molar-refractivity contribution >= 4 is 23.0 Å². The van der Waals surface area contributed by atoms with Crippen LogP contribution in [0.3, 0.4) is 0 Å². The first-order valence-corrected chi connectivity index (χ1v) is 9.16. The molecule has 0 atom stereocenters. The van der Waals surface area contributed by atoms with Crippen LogP contribution in [0.15, 0.2) is 42.5 Å². The standard InChI is InChI=1S/C21H24FN5O2/c1-25(2)20(28)15-7-10-18-17(11-15)24-19(27(18)4)13-26(3)21(29)23-12-14-5-8-16(22)9-6-14/h5-11H,12-13H2,1-4H3,(H,23,29). The summed E-state index contributed by atoms with van der Waals surface area (Å²) in [6.45, 7) is 0.611. The van der Waals surface area contributed by atoms with E-state index >= 15 is 0 Å². The first-order chi connectivity index (χ1) is 13.8. The molecule has 29 heavy (non-hydrogen) atoms. The molecule has 0 spiro atoms. The lowest BCUT2D eigenvalue weighted by molar-refractivity contribution is 0.0827. The summed E-state index contributed by atoms with van der Waals surface area (Å²) in [6.07, 6.45) is 0. The number of hydrogen-bond acceptors (Lipinski definition) is 3. The number of imidazole rings is 1. The highest BCUT2D eigenvalue weighted by molar-refractivity contribution is 5.97. The SMILES string of the molecule is CN(C)C(=O)c1ccc2c(c1)nc(CN(C)C(=O)NCc1ccc(F)cc1)n2C. The number of carbonyl (C=O) groups is 2. The van der Waals surface area contributed by atoms with Crippen LogP contribution in [0, 0.1) is 5.82 Å². The Balaban J connectivity index is 1.69. The Morgan fingerprint density at radius 3 is 2.45 bits per heavy atom. The molecule has 8 heteroatoms. The molecule has 0 aliphatic rings. The zero-order valence-electron chi connectivity index (χ0n) is 16.9. The minimum absolute atomic E-state index is 0.0867. The van der Waals surface area contributed by atoms with Crippen LogP contribution in [0.1, 0.15) is 21.7 Å². The van der Waals surface area contributed by atoms with E-state index in [-0.39, 0.29) is 17.8 Å². The first-order valence-electron chi connectivity index (χ1n) is 9.16. The molecule has 0 radical (unpaired) electrons. The third-order valence-corrected chi connectivity index (χ3v) is 4.71. The van der Waals surface area contributed by atoms with Crippen LogP contribution < -0.4 is 5.32 Å². The highest BCUT2D eigenvalue weighted by Gasteiger charge is 2.16. The summed E-state index contributed by atoms with van der Waals surface area (Å²) in [6, 6.07) is 11.1. The van der Waals surface area contributed by atoms with E-state index in [1.807, 2.05) is 17.7 Å². The number of halogens is 1. The van der Waals surface area contributed by atoms with Gasteiger partial charge in [-0.2, -0.15) is 0 Å². The van der Waals surface area contributed by atoms with E-state index in [1.54, 1.807) is 45.4 Å². The molecule has 1 N–H and O–H groups in total. The Bertz CT molecular complexity index is 1040. The van der Waals surface area contributed by atoms with E-state index in [4.69, 9.17) is 0 Å². The number of nitrogens with one attached hydrogen (secondary N) is 1. The smallest absolute Gasteiger partial charge is 0.317 e. The molecule has 152 valence electrons. The van der Waals surface area contributed by atoms with Gasteiger partial charge in [-0.1, -0.05) is 12.1 Å². The van der Waals surface area contributed by atoms with Gasteiger partial charge < -0.3 is 19.7 Å². The fourth-order valence-electron chi connectivity index (χ4n) is 2.98. The third kappa shape index (κ3) is 4.53. The van der Waals surface area contributed by atoms with Crippen molar-refractivity contribution in [1.29, 1.82) is 0 Å². The van der Waals surface area contributed by atoms with E-state index in [0.29, 0.717) is 30.0 Å². The lowest BCUT2D eigenvalue weighted by atomic mass is 10.2. The average molecular weight is 397 g/mol. The molecule has 1 aromatic heterocycles. The maximum atomic E-state index is 13.0. The Labute approximate surface area is 168 Å². The van der Waals surface area contributed by atoms with Crippen LogP contribution in [-0.4, -0.2) is 52.4 Å². The number of amides is 3. The van der Waals surface area contributed by atoms with E-state index in [1.165, 1.54) is 21.9 Å². The van der Waals surface area contributed by atoms with Gasteiger partial charge in [0.05, 0.1) is 17.6 Å². The van der Waals surface area contributed by atoms with Gasteiger partial charge in [0.25, 0.3) is 5.91 Å². The number of hydrogen-bond donors (Lipinski definition) is 1.